The molecule has 2 aliphatic heterocycles. The summed E-state index contributed by atoms with van der Waals surface area (Å²) in [6.07, 6.45) is 6.54. The first-order valence-corrected chi connectivity index (χ1v) is 9.32. The van der Waals surface area contributed by atoms with Gasteiger partial charge >= 0.3 is 0 Å². The fraction of sp³-hybridized carbons (Fsp3) is 0.550. The second-order valence-electron chi connectivity index (χ2n) is 7.16. The zero-order chi connectivity index (χ0) is 16.9. The van der Waals surface area contributed by atoms with Gasteiger partial charge < -0.3 is 14.0 Å². The van der Waals surface area contributed by atoms with Gasteiger partial charge in [0.2, 0.25) is 0 Å². The average molecular weight is 341 g/mol. The molecule has 0 N–H and O–H groups in total. The first kappa shape index (κ1) is 16.8. The van der Waals surface area contributed by atoms with Crippen molar-refractivity contribution in [3.8, 4) is 0 Å². The minimum atomic E-state index is 0.190. The number of nitrogens with zero attached hydrogens (tertiary/aromatic N) is 3. The highest BCUT2D eigenvalue weighted by Gasteiger charge is 2.25. The lowest BCUT2D eigenvalue weighted by molar-refractivity contribution is -0.000936. The third kappa shape index (κ3) is 4.48. The molecule has 0 bridgehead atoms. The normalized spacial score (nSPS) is 22.5. The molecule has 1 saturated heterocycles. The first-order chi connectivity index (χ1) is 12.4. The Labute approximate surface area is 149 Å². The van der Waals surface area contributed by atoms with E-state index in [2.05, 4.69) is 32.8 Å². The summed E-state index contributed by atoms with van der Waals surface area (Å²) in [4.78, 5) is 6.94. The topological polar surface area (TPSA) is 39.5 Å². The van der Waals surface area contributed by atoms with Gasteiger partial charge in [-0.2, -0.15) is 0 Å². The lowest BCUT2D eigenvalue weighted by Crippen LogP contribution is -2.37. The molecule has 0 saturated carbocycles. The number of pyridine rings is 1. The van der Waals surface area contributed by atoms with Crippen LogP contribution in [0.1, 0.15) is 24.2 Å². The maximum Gasteiger partial charge on any atom is 0.0893 e. The van der Waals surface area contributed by atoms with Gasteiger partial charge in [-0.15, -0.1) is 0 Å². The van der Waals surface area contributed by atoms with Crippen LogP contribution in [0.3, 0.4) is 0 Å². The summed E-state index contributed by atoms with van der Waals surface area (Å²) in [5, 5.41) is 0. The summed E-state index contributed by atoms with van der Waals surface area (Å²) in [5.74, 6) is 0.742. The van der Waals surface area contributed by atoms with Crippen LogP contribution in [-0.4, -0.2) is 46.9 Å². The van der Waals surface area contributed by atoms with Gasteiger partial charge in [0.15, 0.2) is 0 Å². The fourth-order valence-corrected chi connectivity index (χ4v) is 3.86. The monoisotopic (exact) mass is 341 g/mol. The smallest absolute Gasteiger partial charge is 0.0893 e. The van der Waals surface area contributed by atoms with E-state index in [1.54, 1.807) is 0 Å². The lowest BCUT2D eigenvalue weighted by Gasteiger charge is -2.30. The molecule has 5 heteroatoms. The predicted molar refractivity (Wildman–Crippen MR) is 96.1 cm³/mol. The van der Waals surface area contributed by atoms with Gasteiger partial charge in [0.1, 0.15) is 0 Å². The molecular formula is C20H27N3O2. The molecule has 0 spiro atoms. The summed E-state index contributed by atoms with van der Waals surface area (Å²) in [5.41, 5.74) is 2.38. The Bertz CT molecular complexity index is 652. The first-order valence-electron chi connectivity index (χ1n) is 9.32. The fourth-order valence-electron chi connectivity index (χ4n) is 3.86. The molecular weight excluding hydrogens is 314 g/mol. The van der Waals surface area contributed by atoms with Crippen LogP contribution in [0.2, 0.25) is 0 Å². The van der Waals surface area contributed by atoms with Crippen LogP contribution in [-0.2, 0) is 29.2 Å². The van der Waals surface area contributed by atoms with Crippen molar-refractivity contribution in [1.82, 2.24) is 14.5 Å². The molecule has 0 aliphatic carbocycles. The second kappa shape index (κ2) is 8.13. The highest BCUT2D eigenvalue weighted by molar-refractivity contribution is 5.09. The molecule has 2 aromatic heterocycles. The van der Waals surface area contributed by atoms with Crippen molar-refractivity contribution in [2.24, 2.45) is 5.92 Å². The van der Waals surface area contributed by atoms with Gasteiger partial charge in [0.05, 0.1) is 18.4 Å². The Balaban J connectivity index is 1.41. The number of ether oxygens (including phenoxy) is 2. The minimum Gasteiger partial charge on any atom is -0.381 e. The van der Waals surface area contributed by atoms with E-state index in [4.69, 9.17) is 9.47 Å². The van der Waals surface area contributed by atoms with Gasteiger partial charge in [-0.05, 0) is 43.0 Å². The van der Waals surface area contributed by atoms with Crippen LogP contribution in [0, 0.1) is 5.92 Å². The number of rotatable bonds is 5. The van der Waals surface area contributed by atoms with Crippen molar-refractivity contribution in [2.45, 2.75) is 38.6 Å². The quantitative estimate of drug-likeness (QED) is 0.838. The van der Waals surface area contributed by atoms with Gasteiger partial charge in [0, 0.05) is 57.5 Å². The molecule has 0 amide bonds. The van der Waals surface area contributed by atoms with E-state index in [-0.39, 0.29) is 6.10 Å². The number of hydrogen-bond donors (Lipinski definition) is 0. The van der Waals surface area contributed by atoms with E-state index < -0.39 is 0 Å². The van der Waals surface area contributed by atoms with E-state index in [0.29, 0.717) is 6.61 Å². The molecule has 25 heavy (non-hydrogen) atoms. The number of hydrogen-bond acceptors (Lipinski definition) is 4. The third-order valence-corrected chi connectivity index (χ3v) is 5.22. The summed E-state index contributed by atoms with van der Waals surface area (Å²) in [6.45, 7) is 6.44. The van der Waals surface area contributed by atoms with Crippen molar-refractivity contribution in [1.29, 1.82) is 0 Å². The highest BCUT2D eigenvalue weighted by atomic mass is 16.5. The molecule has 0 radical (unpaired) electrons. The number of aromatic nitrogens is 2. The Morgan fingerprint density at radius 3 is 2.88 bits per heavy atom. The molecule has 1 unspecified atom stereocenters. The Hall–Kier alpha value is -1.69. The summed E-state index contributed by atoms with van der Waals surface area (Å²) >= 11 is 0. The van der Waals surface area contributed by atoms with Crippen LogP contribution in [0.5, 0.6) is 0 Å². The molecule has 0 aromatic carbocycles. The lowest BCUT2D eigenvalue weighted by atomic mass is 9.99. The van der Waals surface area contributed by atoms with Crippen molar-refractivity contribution in [3.63, 3.8) is 0 Å². The molecule has 5 nitrogen and oxygen atoms in total. The van der Waals surface area contributed by atoms with E-state index in [1.807, 2.05) is 24.4 Å². The van der Waals surface area contributed by atoms with Gasteiger partial charge in [0.25, 0.3) is 0 Å². The molecule has 2 aliphatic rings. The SMILES string of the molecule is c1ccc(COC2CN(CC3CCOCC3)Cc3cccn3C2)nc1. The van der Waals surface area contributed by atoms with Crippen molar-refractivity contribution in [3.05, 3.63) is 54.1 Å². The molecule has 4 heterocycles. The summed E-state index contributed by atoms with van der Waals surface area (Å²) in [6, 6.07) is 10.4. The van der Waals surface area contributed by atoms with Gasteiger partial charge in [-0.25, -0.2) is 0 Å². The summed E-state index contributed by atoms with van der Waals surface area (Å²) in [7, 11) is 0. The van der Waals surface area contributed by atoms with E-state index >= 15 is 0 Å². The van der Waals surface area contributed by atoms with Crippen LogP contribution < -0.4 is 0 Å². The Kier molecular flexibility index (Phi) is 5.45. The second-order valence-corrected chi connectivity index (χ2v) is 7.16. The largest absolute Gasteiger partial charge is 0.381 e. The number of fused-ring (bicyclic) bond motifs is 1. The zero-order valence-corrected chi connectivity index (χ0v) is 14.7. The van der Waals surface area contributed by atoms with Gasteiger partial charge in [-0.3, -0.25) is 9.88 Å². The van der Waals surface area contributed by atoms with Crippen molar-refractivity contribution >= 4 is 0 Å². The molecule has 134 valence electrons. The standard InChI is InChI=1S/C20H27N3O2/c1-2-8-21-18(4-1)16-25-20-14-22(12-17-6-10-24-11-7-17)13-19-5-3-9-23(19)15-20/h1-5,8-9,17,20H,6-7,10-16H2. The highest BCUT2D eigenvalue weighted by Crippen LogP contribution is 2.21. The van der Waals surface area contributed by atoms with Crippen LogP contribution in [0.25, 0.3) is 0 Å². The minimum absolute atomic E-state index is 0.190. The van der Waals surface area contributed by atoms with Crippen LogP contribution >= 0.6 is 0 Å². The van der Waals surface area contributed by atoms with E-state index in [9.17, 15) is 0 Å². The maximum absolute atomic E-state index is 6.24. The Morgan fingerprint density at radius 1 is 1.12 bits per heavy atom. The average Bonchev–Trinajstić information content (AvgIpc) is 3.01. The zero-order valence-electron chi connectivity index (χ0n) is 14.7. The van der Waals surface area contributed by atoms with Crippen molar-refractivity contribution < 1.29 is 9.47 Å². The van der Waals surface area contributed by atoms with Crippen molar-refractivity contribution in [2.75, 3.05) is 26.3 Å². The third-order valence-electron chi connectivity index (χ3n) is 5.22. The van der Waals surface area contributed by atoms with E-state index in [0.717, 1.165) is 51.0 Å². The van der Waals surface area contributed by atoms with Crippen LogP contribution in [0.15, 0.2) is 42.7 Å². The predicted octanol–water partition coefficient (Wildman–Crippen LogP) is 2.71. The Morgan fingerprint density at radius 2 is 2.04 bits per heavy atom. The molecule has 4 rings (SSSR count). The summed E-state index contributed by atoms with van der Waals surface area (Å²) < 4.78 is 14.1. The molecule has 2 aromatic rings. The van der Waals surface area contributed by atoms with E-state index in [1.165, 1.54) is 18.5 Å². The van der Waals surface area contributed by atoms with Crippen LogP contribution in [0.4, 0.5) is 0 Å². The van der Waals surface area contributed by atoms with Gasteiger partial charge in [-0.1, -0.05) is 6.07 Å². The molecule has 1 atom stereocenters. The molecule has 1 fully saturated rings. The maximum atomic E-state index is 6.24.